The average Bonchev–Trinajstić information content (AvgIpc) is 2.89. The molecule has 5 heteroatoms. The average molecular weight is 279 g/mol. The maximum Gasteiger partial charge on any atom is 0.257 e. The molecule has 1 aliphatic carbocycles. The molecular weight excluding hydrogens is 258 g/mol. The second kappa shape index (κ2) is 7.14. The summed E-state index contributed by atoms with van der Waals surface area (Å²) in [5.74, 6) is 1.64. The first-order valence-electron chi connectivity index (χ1n) is 6.89. The minimum Gasteiger partial charge on any atom is -0.497 e. The van der Waals surface area contributed by atoms with Crippen LogP contribution in [0, 0.1) is 5.92 Å². The van der Waals surface area contributed by atoms with Gasteiger partial charge in [0.1, 0.15) is 11.5 Å². The van der Waals surface area contributed by atoms with Crippen LogP contribution in [-0.4, -0.2) is 37.4 Å². The van der Waals surface area contributed by atoms with Crippen LogP contribution in [0.25, 0.3) is 0 Å². The molecule has 1 fully saturated rings. The van der Waals surface area contributed by atoms with Gasteiger partial charge < -0.3 is 19.9 Å². The van der Waals surface area contributed by atoms with Gasteiger partial charge in [0.15, 0.2) is 6.61 Å². The van der Waals surface area contributed by atoms with Crippen molar-refractivity contribution < 1.29 is 19.4 Å². The van der Waals surface area contributed by atoms with Crippen molar-refractivity contribution in [2.24, 2.45) is 5.92 Å². The van der Waals surface area contributed by atoms with Gasteiger partial charge in [0, 0.05) is 6.54 Å². The van der Waals surface area contributed by atoms with Crippen LogP contribution in [0.1, 0.15) is 19.3 Å². The largest absolute Gasteiger partial charge is 0.497 e. The highest BCUT2D eigenvalue weighted by Gasteiger charge is 2.22. The Morgan fingerprint density at radius 3 is 2.60 bits per heavy atom. The number of amides is 1. The number of hydrogen-bond donors (Lipinski definition) is 2. The van der Waals surface area contributed by atoms with Crippen molar-refractivity contribution in [1.29, 1.82) is 0 Å². The number of carbonyl (C=O) groups excluding carboxylic acids is 1. The molecule has 0 radical (unpaired) electrons. The van der Waals surface area contributed by atoms with Crippen molar-refractivity contribution in [3.05, 3.63) is 24.3 Å². The molecule has 0 heterocycles. The Morgan fingerprint density at radius 1 is 1.30 bits per heavy atom. The van der Waals surface area contributed by atoms with Gasteiger partial charge in [0.25, 0.3) is 5.91 Å². The summed E-state index contributed by atoms with van der Waals surface area (Å²) >= 11 is 0. The molecule has 0 aliphatic heterocycles. The molecule has 20 heavy (non-hydrogen) atoms. The summed E-state index contributed by atoms with van der Waals surface area (Å²) in [5.41, 5.74) is 0. The number of aliphatic hydroxyl groups excluding tert-OH is 1. The zero-order valence-corrected chi connectivity index (χ0v) is 11.7. The summed E-state index contributed by atoms with van der Waals surface area (Å²) in [4.78, 5) is 11.7. The molecule has 1 aromatic rings. The number of ether oxygens (including phenoxy) is 2. The smallest absolute Gasteiger partial charge is 0.257 e. The monoisotopic (exact) mass is 279 g/mol. The molecule has 1 amide bonds. The third-order valence-corrected chi connectivity index (χ3v) is 3.53. The summed E-state index contributed by atoms with van der Waals surface area (Å²) in [5, 5.41) is 12.3. The minimum atomic E-state index is -0.201. The van der Waals surface area contributed by atoms with E-state index in [9.17, 15) is 9.90 Å². The van der Waals surface area contributed by atoms with Crippen molar-refractivity contribution in [3.63, 3.8) is 0 Å². The number of carbonyl (C=O) groups is 1. The van der Waals surface area contributed by atoms with Gasteiger partial charge in [0.05, 0.1) is 13.2 Å². The van der Waals surface area contributed by atoms with Crippen LogP contribution < -0.4 is 14.8 Å². The second-order valence-electron chi connectivity index (χ2n) is 5.10. The Bertz CT molecular complexity index is 432. The van der Waals surface area contributed by atoms with Crippen LogP contribution in [-0.2, 0) is 4.79 Å². The Hall–Kier alpha value is -1.75. The van der Waals surface area contributed by atoms with Crippen LogP contribution in [0.4, 0.5) is 0 Å². The topological polar surface area (TPSA) is 67.8 Å². The third-order valence-electron chi connectivity index (χ3n) is 3.53. The Kier molecular flexibility index (Phi) is 5.24. The molecule has 2 atom stereocenters. The molecular formula is C15H21NO4. The van der Waals surface area contributed by atoms with Crippen molar-refractivity contribution in [2.45, 2.75) is 25.4 Å². The molecule has 110 valence electrons. The van der Waals surface area contributed by atoms with E-state index in [1.54, 1.807) is 31.4 Å². The van der Waals surface area contributed by atoms with Crippen LogP contribution in [0.15, 0.2) is 24.3 Å². The zero-order valence-electron chi connectivity index (χ0n) is 11.7. The summed E-state index contributed by atoms with van der Waals surface area (Å²) < 4.78 is 10.4. The number of rotatable bonds is 6. The highest BCUT2D eigenvalue weighted by atomic mass is 16.5. The minimum absolute atomic E-state index is 0.00159. The van der Waals surface area contributed by atoms with Crippen LogP contribution in [0.5, 0.6) is 11.5 Å². The Balaban J connectivity index is 1.66. The van der Waals surface area contributed by atoms with E-state index >= 15 is 0 Å². The molecule has 0 aromatic heterocycles. The number of hydrogen-bond acceptors (Lipinski definition) is 4. The lowest BCUT2D eigenvalue weighted by Crippen LogP contribution is -2.32. The van der Waals surface area contributed by atoms with E-state index < -0.39 is 0 Å². The number of benzene rings is 1. The highest BCUT2D eigenvalue weighted by molar-refractivity contribution is 5.77. The van der Waals surface area contributed by atoms with Crippen molar-refractivity contribution >= 4 is 5.91 Å². The lowest BCUT2D eigenvalue weighted by molar-refractivity contribution is -0.123. The number of nitrogens with one attached hydrogen (secondary N) is 1. The van der Waals surface area contributed by atoms with E-state index in [1.807, 2.05) is 0 Å². The molecule has 2 unspecified atom stereocenters. The predicted octanol–water partition coefficient (Wildman–Crippen LogP) is 1.35. The second-order valence-corrected chi connectivity index (χ2v) is 5.10. The van der Waals surface area contributed by atoms with Gasteiger partial charge in [-0.2, -0.15) is 0 Å². The predicted molar refractivity (Wildman–Crippen MR) is 74.8 cm³/mol. The molecule has 2 rings (SSSR count). The number of methoxy groups -OCH3 is 1. The van der Waals surface area contributed by atoms with Crippen molar-refractivity contribution in [3.8, 4) is 11.5 Å². The standard InChI is InChI=1S/C15H21NO4/c1-19-13-4-6-14(7-5-13)20-10-15(18)16-9-11-2-3-12(17)8-11/h4-7,11-12,17H,2-3,8-10H2,1H3,(H,16,18). The van der Waals surface area contributed by atoms with Gasteiger partial charge in [-0.3, -0.25) is 4.79 Å². The fourth-order valence-electron chi connectivity index (χ4n) is 2.36. The first-order chi connectivity index (χ1) is 9.67. The molecule has 0 bridgehead atoms. The van der Waals surface area contributed by atoms with Gasteiger partial charge in [0.2, 0.25) is 0 Å². The van der Waals surface area contributed by atoms with E-state index in [1.165, 1.54) is 0 Å². The van der Waals surface area contributed by atoms with E-state index in [-0.39, 0.29) is 18.6 Å². The van der Waals surface area contributed by atoms with E-state index in [0.717, 1.165) is 25.0 Å². The van der Waals surface area contributed by atoms with E-state index in [2.05, 4.69) is 5.32 Å². The van der Waals surface area contributed by atoms with E-state index in [0.29, 0.717) is 18.2 Å². The first-order valence-corrected chi connectivity index (χ1v) is 6.89. The Labute approximate surface area is 118 Å². The molecule has 1 saturated carbocycles. The SMILES string of the molecule is COc1ccc(OCC(=O)NCC2CCC(O)C2)cc1. The molecule has 0 saturated heterocycles. The third kappa shape index (κ3) is 4.42. The van der Waals surface area contributed by atoms with Crippen LogP contribution in [0.2, 0.25) is 0 Å². The van der Waals surface area contributed by atoms with Gasteiger partial charge in [-0.05, 0) is 49.4 Å². The van der Waals surface area contributed by atoms with E-state index in [4.69, 9.17) is 9.47 Å². The maximum absolute atomic E-state index is 11.7. The maximum atomic E-state index is 11.7. The van der Waals surface area contributed by atoms with Crippen LogP contribution in [0.3, 0.4) is 0 Å². The summed E-state index contributed by atoms with van der Waals surface area (Å²) in [6.45, 7) is 0.615. The summed E-state index contributed by atoms with van der Waals surface area (Å²) in [7, 11) is 1.60. The molecule has 5 nitrogen and oxygen atoms in total. The Morgan fingerprint density at radius 2 is 2.00 bits per heavy atom. The normalized spacial score (nSPS) is 21.5. The molecule has 2 N–H and O–H groups in total. The summed E-state index contributed by atoms with van der Waals surface area (Å²) in [6.07, 6.45) is 2.39. The zero-order chi connectivity index (χ0) is 14.4. The molecule has 1 aromatic carbocycles. The molecule has 1 aliphatic rings. The quantitative estimate of drug-likeness (QED) is 0.825. The van der Waals surface area contributed by atoms with Crippen LogP contribution >= 0.6 is 0 Å². The number of aliphatic hydroxyl groups is 1. The van der Waals surface area contributed by atoms with Gasteiger partial charge in [-0.1, -0.05) is 0 Å². The van der Waals surface area contributed by atoms with Gasteiger partial charge in [-0.15, -0.1) is 0 Å². The fourth-order valence-corrected chi connectivity index (χ4v) is 2.36. The lowest BCUT2D eigenvalue weighted by Gasteiger charge is -2.11. The fraction of sp³-hybridized carbons (Fsp3) is 0.533. The van der Waals surface area contributed by atoms with Gasteiger partial charge >= 0.3 is 0 Å². The van der Waals surface area contributed by atoms with Crippen molar-refractivity contribution in [2.75, 3.05) is 20.3 Å². The van der Waals surface area contributed by atoms with Gasteiger partial charge in [-0.25, -0.2) is 0 Å². The summed E-state index contributed by atoms with van der Waals surface area (Å²) in [6, 6.07) is 7.10. The first kappa shape index (κ1) is 14.7. The molecule has 0 spiro atoms. The highest BCUT2D eigenvalue weighted by Crippen LogP contribution is 2.24. The van der Waals surface area contributed by atoms with Crippen molar-refractivity contribution in [1.82, 2.24) is 5.32 Å². The lowest BCUT2D eigenvalue weighted by atomic mass is 10.1.